The van der Waals surface area contributed by atoms with E-state index in [1.165, 1.54) is 4.90 Å². The molecule has 0 aromatic carbocycles. The second kappa shape index (κ2) is 6.74. The molecule has 0 spiro atoms. The molecule has 2 amide bonds. The van der Waals surface area contributed by atoms with Crippen molar-refractivity contribution in [2.75, 3.05) is 26.7 Å². The van der Waals surface area contributed by atoms with Gasteiger partial charge in [-0.15, -0.1) is 0 Å². The maximum atomic E-state index is 12.2. The summed E-state index contributed by atoms with van der Waals surface area (Å²) in [6.45, 7) is 0.999. The van der Waals surface area contributed by atoms with E-state index in [0.717, 1.165) is 12.8 Å². The van der Waals surface area contributed by atoms with Crippen LogP contribution in [0.15, 0.2) is 12.2 Å². The van der Waals surface area contributed by atoms with Crippen molar-refractivity contribution < 1.29 is 19.5 Å². The van der Waals surface area contributed by atoms with E-state index in [1.807, 2.05) is 12.2 Å². The molecule has 2 rings (SSSR count). The number of carboxylic acid groups (broad SMARTS) is 1. The molecule has 0 aromatic rings. The average molecular weight is 294 g/mol. The minimum atomic E-state index is -0.789. The minimum absolute atomic E-state index is 0.00812. The van der Waals surface area contributed by atoms with Gasteiger partial charge in [0.25, 0.3) is 0 Å². The van der Waals surface area contributed by atoms with Crippen LogP contribution in [0, 0.1) is 11.8 Å². The Morgan fingerprint density at radius 2 is 1.71 bits per heavy atom. The zero-order chi connectivity index (χ0) is 15.4. The van der Waals surface area contributed by atoms with Crippen molar-refractivity contribution >= 4 is 17.8 Å². The molecule has 6 heteroatoms. The normalized spacial score (nSPS) is 19.8. The van der Waals surface area contributed by atoms with Crippen LogP contribution in [-0.4, -0.2) is 59.4 Å². The summed E-state index contributed by atoms with van der Waals surface area (Å²) in [5.74, 6) is -1.25. The highest BCUT2D eigenvalue weighted by Gasteiger charge is 2.29. The van der Waals surface area contributed by atoms with Gasteiger partial charge in [0.2, 0.25) is 11.8 Å². The maximum Gasteiger partial charge on any atom is 0.306 e. The first-order valence-electron chi connectivity index (χ1n) is 7.39. The van der Waals surface area contributed by atoms with Gasteiger partial charge in [-0.2, -0.15) is 0 Å². The van der Waals surface area contributed by atoms with Gasteiger partial charge in [-0.05, 0) is 25.7 Å². The van der Waals surface area contributed by atoms with E-state index >= 15 is 0 Å². The Bertz CT molecular complexity index is 445. The van der Waals surface area contributed by atoms with E-state index in [9.17, 15) is 14.4 Å². The zero-order valence-electron chi connectivity index (χ0n) is 12.3. The summed E-state index contributed by atoms with van der Waals surface area (Å²) in [6, 6.07) is 0. The Hall–Kier alpha value is -1.85. The molecule has 1 aliphatic carbocycles. The van der Waals surface area contributed by atoms with Gasteiger partial charge in [0.15, 0.2) is 0 Å². The average Bonchev–Trinajstić information content (AvgIpc) is 3.00. The summed E-state index contributed by atoms with van der Waals surface area (Å²) < 4.78 is 0. The Morgan fingerprint density at radius 1 is 1.14 bits per heavy atom. The fraction of sp³-hybridized carbons (Fsp3) is 0.667. The molecule has 0 aromatic heterocycles. The Balaban J connectivity index is 1.79. The number of hydrogen-bond acceptors (Lipinski definition) is 3. The largest absolute Gasteiger partial charge is 0.481 e. The number of amides is 2. The summed E-state index contributed by atoms with van der Waals surface area (Å²) in [6.07, 6.45) is 6.48. The molecule has 0 atom stereocenters. The van der Waals surface area contributed by atoms with Crippen LogP contribution in [0.3, 0.4) is 0 Å². The molecule has 1 N–H and O–H groups in total. The number of carbonyl (C=O) groups excluding carboxylic acids is 2. The summed E-state index contributed by atoms with van der Waals surface area (Å²) in [5, 5.41) is 8.94. The Labute approximate surface area is 124 Å². The molecule has 2 aliphatic rings. The minimum Gasteiger partial charge on any atom is -0.481 e. The topological polar surface area (TPSA) is 77.9 Å². The second-order valence-corrected chi connectivity index (χ2v) is 5.83. The second-order valence-electron chi connectivity index (χ2n) is 5.83. The number of carboxylic acids is 1. The molecule has 1 fully saturated rings. The SMILES string of the molecule is CN(CC(=O)N1CCC(C(=O)O)CC1)C(=O)C1CC=CC1. The lowest BCUT2D eigenvalue weighted by Gasteiger charge is -2.31. The molecule has 0 saturated carbocycles. The molecule has 21 heavy (non-hydrogen) atoms. The Kier molecular flexibility index (Phi) is 4.98. The van der Waals surface area contributed by atoms with E-state index in [2.05, 4.69) is 0 Å². The first-order valence-corrected chi connectivity index (χ1v) is 7.39. The van der Waals surface area contributed by atoms with Gasteiger partial charge in [0, 0.05) is 26.1 Å². The van der Waals surface area contributed by atoms with Crippen LogP contribution in [0.5, 0.6) is 0 Å². The summed E-state index contributed by atoms with van der Waals surface area (Å²) in [7, 11) is 1.66. The number of rotatable bonds is 4. The predicted octanol–water partition coefficient (Wildman–Crippen LogP) is 0.734. The van der Waals surface area contributed by atoms with Crippen LogP contribution in [-0.2, 0) is 14.4 Å². The maximum absolute atomic E-state index is 12.2. The van der Waals surface area contributed by atoms with Gasteiger partial charge in [-0.25, -0.2) is 0 Å². The molecule has 0 bridgehead atoms. The monoisotopic (exact) mass is 294 g/mol. The third-order valence-electron chi connectivity index (χ3n) is 4.30. The van der Waals surface area contributed by atoms with Gasteiger partial charge in [-0.1, -0.05) is 12.2 Å². The van der Waals surface area contributed by atoms with Crippen molar-refractivity contribution in [2.45, 2.75) is 25.7 Å². The summed E-state index contributed by atoms with van der Waals surface area (Å²) >= 11 is 0. The lowest BCUT2D eigenvalue weighted by Crippen LogP contribution is -2.46. The number of nitrogens with zero attached hydrogens (tertiary/aromatic N) is 2. The van der Waals surface area contributed by atoms with E-state index in [4.69, 9.17) is 5.11 Å². The third kappa shape index (κ3) is 3.83. The quantitative estimate of drug-likeness (QED) is 0.776. The van der Waals surface area contributed by atoms with Crippen LogP contribution in [0.4, 0.5) is 0 Å². The van der Waals surface area contributed by atoms with Crippen molar-refractivity contribution in [1.29, 1.82) is 0 Å². The van der Waals surface area contributed by atoms with Gasteiger partial charge in [-0.3, -0.25) is 14.4 Å². The number of piperidine rings is 1. The lowest BCUT2D eigenvalue weighted by atomic mass is 9.97. The van der Waals surface area contributed by atoms with Crippen LogP contribution >= 0.6 is 0 Å². The molecule has 1 aliphatic heterocycles. The number of likely N-dealkylation sites (tertiary alicyclic amines) is 1. The fourth-order valence-corrected chi connectivity index (χ4v) is 2.89. The number of allylic oxidation sites excluding steroid dienone is 2. The highest BCUT2D eigenvalue weighted by molar-refractivity contribution is 5.86. The van der Waals surface area contributed by atoms with Gasteiger partial charge >= 0.3 is 5.97 Å². The van der Waals surface area contributed by atoms with E-state index in [0.29, 0.717) is 25.9 Å². The van der Waals surface area contributed by atoms with Crippen molar-refractivity contribution in [3.63, 3.8) is 0 Å². The van der Waals surface area contributed by atoms with Crippen LogP contribution in [0.1, 0.15) is 25.7 Å². The van der Waals surface area contributed by atoms with Gasteiger partial charge in [0.1, 0.15) is 0 Å². The summed E-state index contributed by atoms with van der Waals surface area (Å²) in [4.78, 5) is 38.4. The van der Waals surface area contributed by atoms with Crippen molar-refractivity contribution in [3.05, 3.63) is 12.2 Å². The van der Waals surface area contributed by atoms with Crippen LogP contribution in [0.25, 0.3) is 0 Å². The molecule has 116 valence electrons. The molecule has 0 radical (unpaired) electrons. The zero-order valence-corrected chi connectivity index (χ0v) is 12.3. The highest BCUT2D eigenvalue weighted by atomic mass is 16.4. The lowest BCUT2D eigenvalue weighted by molar-refractivity contribution is -0.146. The number of likely N-dealkylation sites (N-methyl/N-ethyl adjacent to an activating group) is 1. The van der Waals surface area contributed by atoms with E-state index < -0.39 is 5.97 Å². The smallest absolute Gasteiger partial charge is 0.306 e. The van der Waals surface area contributed by atoms with E-state index in [1.54, 1.807) is 11.9 Å². The first-order chi connectivity index (χ1) is 9.99. The van der Waals surface area contributed by atoms with Crippen molar-refractivity contribution in [1.82, 2.24) is 9.80 Å². The van der Waals surface area contributed by atoms with Crippen molar-refractivity contribution in [2.24, 2.45) is 11.8 Å². The molecular formula is C15H22N2O4. The molecular weight excluding hydrogens is 272 g/mol. The molecule has 1 heterocycles. The molecule has 1 saturated heterocycles. The van der Waals surface area contributed by atoms with Crippen molar-refractivity contribution in [3.8, 4) is 0 Å². The highest BCUT2D eigenvalue weighted by Crippen LogP contribution is 2.20. The molecule has 6 nitrogen and oxygen atoms in total. The predicted molar refractivity (Wildman–Crippen MR) is 76.4 cm³/mol. The fourth-order valence-electron chi connectivity index (χ4n) is 2.89. The van der Waals surface area contributed by atoms with Gasteiger partial charge < -0.3 is 14.9 Å². The molecule has 0 unspecified atom stereocenters. The summed E-state index contributed by atoms with van der Waals surface area (Å²) in [5.41, 5.74) is 0. The standard InChI is InChI=1S/C15H22N2O4/c1-16(14(19)11-4-2-3-5-11)10-13(18)17-8-6-12(7-9-17)15(20)21/h2-3,11-12H,4-10H2,1H3,(H,20,21). The Morgan fingerprint density at radius 3 is 2.24 bits per heavy atom. The number of aliphatic carboxylic acids is 1. The first kappa shape index (κ1) is 15.5. The number of hydrogen-bond donors (Lipinski definition) is 1. The van der Waals surface area contributed by atoms with Crippen LogP contribution in [0.2, 0.25) is 0 Å². The number of carbonyl (C=O) groups is 3. The third-order valence-corrected chi connectivity index (χ3v) is 4.30. The van der Waals surface area contributed by atoms with Crippen LogP contribution < -0.4 is 0 Å². The van der Waals surface area contributed by atoms with Gasteiger partial charge in [0.05, 0.1) is 12.5 Å². The van der Waals surface area contributed by atoms with E-state index in [-0.39, 0.29) is 30.2 Å².